The van der Waals surface area contributed by atoms with Crippen molar-refractivity contribution in [2.45, 2.75) is 18.9 Å². The molecule has 1 atom stereocenters. The van der Waals surface area contributed by atoms with E-state index in [1.54, 1.807) is 7.11 Å². The number of halogens is 2. The largest absolute Gasteiger partial charge is 1.00 e. The molecule has 0 aromatic heterocycles. The molecule has 5 nitrogen and oxygen atoms in total. The molecule has 2 heterocycles. The van der Waals surface area contributed by atoms with E-state index in [1.165, 1.54) is 24.3 Å². The lowest BCUT2D eigenvalue weighted by Gasteiger charge is -2.43. The van der Waals surface area contributed by atoms with Gasteiger partial charge in [-0.15, -0.1) is 0 Å². The van der Waals surface area contributed by atoms with E-state index in [1.807, 2.05) is 6.07 Å². The smallest absolute Gasteiger partial charge is 0.231 e. The predicted octanol–water partition coefficient (Wildman–Crippen LogP) is 0.514. The lowest BCUT2D eigenvalue weighted by Crippen LogP contribution is -3.00. The minimum Gasteiger partial charge on any atom is -1.00 e. The number of methoxy groups -OCH3 is 1. The van der Waals surface area contributed by atoms with Gasteiger partial charge in [0.05, 0.1) is 39.7 Å². The molecular formula is C21H23FINO4. The fraction of sp³-hybridized carbons (Fsp3) is 0.381. The minimum atomic E-state index is -0.347. The summed E-state index contributed by atoms with van der Waals surface area (Å²) < 4.78 is 30.7. The maximum Gasteiger partial charge on any atom is 0.231 e. The van der Waals surface area contributed by atoms with Crippen LogP contribution >= 0.6 is 0 Å². The van der Waals surface area contributed by atoms with Crippen LogP contribution in [0.4, 0.5) is 4.39 Å². The van der Waals surface area contributed by atoms with Crippen LogP contribution in [0.15, 0.2) is 30.3 Å². The molecule has 2 aromatic carbocycles. The molecule has 0 aliphatic carbocycles. The Hall–Kier alpha value is -1.87. The summed E-state index contributed by atoms with van der Waals surface area (Å²) in [7, 11) is 5.86. The Morgan fingerprint density at radius 1 is 1.25 bits per heavy atom. The van der Waals surface area contributed by atoms with E-state index in [0.717, 1.165) is 24.1 Å². The van der Waals surface area contributed by atoms with Crippen LogP contribution < -0.4 is 38.2 Å². The number of ketones is 1. The molecule has 2 aliphatic heterocycles. The summed E-state index contributed by atoms with van der Waals surface area (Å²) >= 11 is 0. The second-order valence-electron chi connectivity index (χ2n) is 7.62. The summed E-state index contributed by atoms with van der Waals surface area (Å²) in [4.78, 5) is 12.9. The lowest BCUT2D eigenvalue weighted by atomic mass is 9.86. The standard InChI is InChI=1S/C21H23FNO4.HI/c1-23(2)9-8-14-10-18-20(27-12-26-18)21(25-3)19(14)16(23)11-17(24)13-4-6-15(22)7-5-13;/h4-7,10,16H,8-9,11-12H2,1-3H3;1H/q+1;/p-1. The highest BCUT2D eigenvalue weighted by molar-refractivity contribution is 5.96. The Bertz CT molecular complexity index is 898. The molecule has 0 saturated heterocycles. The number of hydrogen-bond donors (Lipinski definition) is 0. The normalized spacial score (nSPS) is 18.8. The molecule has 0 radical (unpaired) electrons. The van der Waals surface area contributed by atoms with Gasteiger partial charge in [0.1, 0.15) is 11.9 Å². The van der Waals surface area contributed by atoms with E-state index in [-0.39, 0.29) is 48.4 Å². The summed E-state index contributed by atoms with van der Waals surface area (Å²) in [6, 6.07) is 7.64. The predicted molar refractivity (Wildman–Crippen MR) is 97.9 cm³/mol. The third kappa shape index (κ3) is 3.57. The SMILES string of the molecule is COc1c2c(cc3c1C(CC(=O)c1ccc(F)cc1)[N+](C)(C)CC3)OCO2.[I-]. The maximum absolute atomic E-state index is 13.2. The Kier molecular flexibility index (Phi) is 5.86. The van der Waals surface area contributed by atoms with Gasteiger partial charge in [-0.1, -0.05) is 0 Å². The van der Waals surface area contributed by atoms with Crippen molar-refractivity contribution < 1.29 is 51.9 Å². The summed E-state index contributed by atoms with van der Waals surface area (Å²) in [5, 5.41) is 0. The van der Waals surface area contributed by atoms with E-state index in [0.29, 0.717) is 33.7 Å². The molecule has 0 amide bonds. The molecule has 150 valence electrons. The van der Waals surface area contributed by atoms with Gasteiger partial charge in [0.2, 0.25) is 12.5 Å². The summed E-state index contributed by atoms with van der Waals surface area (Å²) in [5.74, 6) is 1.60. The molecule has 1 unspecified atom stereocenters. The highest BCUT2D eigenvalue weighted by atomic mass is 127. The number of Topliss-reactive ketones (excluding diaryl/α,β-unsaturated/α-hetero) is 1. The molecule has 4 rings (SSSR count). The number of fused-ring (bicyclic) bond motifs is 2. The first-order valence-electron chi connectivity index (χ1n) is 9.01. The molecule has 0 N–H and O–H groups in total. The Morgan fingerprint density at radius 3 is 2.64 bits per heavy atom. The number of likely N-dealkylation sites (N-methyl/N-ethyl adjacent to an activating group) is 1. The fourth-order valence-electron chi connectivity index (χ4n) is 4.04. The van der Waals surface area contributed by atoms with Crippen molar-refractivity contribution in [3.8, 4) is 17.2 Å². The molecule has 7 heteroatoms. The van der Waals surface area contributed by atoms with E-state index in [4.69, 9.17) is 14.2 Å². The van der Waals surface area contributed by atoms with Crippen LogP contribution in [-0.2, 0) is 6.42 Å². The van der Waals surface area contributed by atoms with Crippen molar-refractivity contribution >= 4 is 5.78 Å². The van der Waals surface area contributed by atoms with Crippen LogP contribution in [0, 0.1) is 5.82 Å². The molecular weight excluding hydrogens is 476 g/mol. The van der Waals surface area contributed by atoms with Crippen molar-refractivity contribution in [1.29, 1.82) is 0 Å². The van der Waals surface area contributed by atoms with Gasteiger partial charge in [0.25, 0.3) is 0 Å². The quantitative estimate of drug-likeness (QED) is 0.350. The Morgan fingerprint density at radius 2 is 1.96 bits per heavy atom. The van der Waals surface area contributed by atoms with E-state index in [9.17, 15) is 9.18 Å². The number of ether oxygens (including phenoxy) is 3. The van der Waals surface area contributed by atoms with Crippen molar-refractivity contribution in [3.63, 3.8) is 0 Å². The van der Waals surface area contributed by atoms with Crippen LogP contribution in [-0.4, -0.2) is 44.8 Å². The van der Waals surface area contributed by atoms with Gasteiger partial charge in [-0.05, 0) is 35.9 Å². The second-order valence-corrected chi connectivity index (χ2v) is 7.62. The number of nitrogens with zero attached hydrogens (tertiary/aromatic N) is 1. The fourth-order valence-corrected chi connectivity index (χ4v) is 4.04. The van der Waals surface area contributed by atoms with Gasteiger partial charge in [0, 0.05) is 12.0 Å². The van der Waals surface area contributed by atoms with Gasteiger partial charge in [-0.3, -0.25) is 4.79 Å². The summed E-state index contributed by atoms with van der Waals surface area (Å²) in [6.07, 6.45) is 1.18. The molecule has 0 bridgehead atoms. The lowest BCUT2D eigenvalue weighted by molar-refractivity contribution is -0.922. The number of carbonyl (C=O) groups excluding carboxylic acids is 1. The number of benzene rings is 2. The summed E-state index contributed by atoms with van der Waals surface area (Å²) in [6.45, 7) is 1.07. The highest BCUT2D eigenvalue weighted by Crippen LogP contribution is 2.51. The van der Waals surface area contributed by atoms with Gasteiger partial charge in [-0.25, -0.2) is 4.39 Å². The van der Waals surface area contributed by atoms with Crippen LogP contribution in [0.25, 0.3) is 0 Å². The molecule has 0 spiro atoms. The Labute approximate surface area is 181 Å². The van der Waals surface area contributed by atoms with Crippen LogP contribution in [0.5, 0.6) is 17.2 Å². The molecule has 2 aromatic rings. The van der Waals surface area contributed by atoms with Crippen LogP contribution in [0.2, 0.25) is 0 Å². The van der Waals surface area contributed by atoms with Crippen molar-refractivity contribution in [2.75, 3.05) is 34.5 Å². The number of hydrogen-bond acceptors (Lipinski definition) is 4. The number of rotatable bonds is 4. The van der Waals surface area contributed by atoms with Crippen LogP contribution in [0.1, 0.15) is 33.9 Å². The topological polar surface area (TPSA) is 44.8 Å². The highest BCUT2D eigenvalue weighted by Gasteiger charge is 2.42. The molecule has 2 aliphatic rings. The first-order valence-corrected chi connectivity index (χ1v) is 9.01. The van der Waals surface area contributed by atoms with E-state index >= 15 is 0 Å². The zero-order valence-corrected chi connectivity index (χ0v) is 18.3. The summed E-state index contributed by atoms with van der Waals surface area (Å²) in [5.41, 5.74) is 2.65. The average molecular weight is 499 g/mol. The molecule has 28 heavy (non-hydrogen) atoms. The Balaban J connectivity index is 0.00000225. The van der Waals surface area contributed by atoms with E-state index < -0.39 is 0 Å². The minimum absolute atomic E-state index is 0. The van der Waals surface area contributed by atoms with Crippen LogP contribution in [0.3, 0.4) is 0 Å². The molecule has 0 saturated carbocycles. The third-order valence-corrected chi connectivity index (χ3v) is 5.63. The zero-order valence-electron chi connectivity index (χ0n) is 16.1. The van der Waals surface area contributed by atoms with Crippen molar-refractivity contribution in [1.82, 2.24) is 0 Å². The second kappa shape index (κ2) is 7.87. The third-order valence-electron chi connectivity index (χ3n) is 5.63. The molecule has 0 fully saturated rings. The van der Waals surface area contributed by atoms with Gasteiger partial charge in [-0.2, -0.15) is 0 Å². The van der Waals surface area contributed by atoms with Gasteiger partial charge < -0.3 is 42.7 Å². The van der Waals surface area contributed by atoms with Crippen molar-refractivity contribution in [2.24, 2.45) is 0 Å². The van der Waals surface area contributed by atoms with Crippen molar-refractivity contribution in [3.05, 3.63) is 52.8 Å². The van der Waals surface area contributed by atoms with Gasteiger partial charge >= 0.3 is 0 Å². The van der Waals surface area contributed by atoms with Gasteiger partial charge in [0.15, 0.2) is 17.3 Å². The maximum atomic E-state index is 13.2. The number of carbonyl (C=O) groups is 1. The van der Waals surface area contributed by atoms with E-state index in [2.05, 4.69) is 14.1 Å². The zero-order chi connectivity index (χ0) is 19.2. The average Bonchev–Trinajstić information content (AvgIpc) is 3.11. The first-order chi connectivity index (χ1) is 12.9. The first kappa shape index (κ1) is 20.9. The monoisotopic (exact) mass is 499 g/mol. The number of quaternary nitrogens is 1.